The highest BCUT2D eigenvalue weighted by atomic mass is 35.5. The minimum atomic E-state index is 0. The normalized spacial score (nSPS) is 13.2. The van der Waals surface area contributed by atoms with Crippen LogP contribution in [0.4, 0.5) is 5.82 Å². The number of anilines is 1. The van der Waals surface area contributed by atoms with E-state index in [-0.39, 0.29) is 12.4 Å². The lowest BCUT2D eigenvalue weighted by Gasteiger charge is -2.30. The Hall–Kier alpha value is -2.78. The second-order valence-electron chi connectivity index (χ2n) is 7.75. The van der Waals surface area contributed by atoms with E-state index in [0.29, 0.717) is 0 Å². The molecule has 2 aromatic carbocycles. The average Bonchev–Trinajstić information content (AvgIpc) is 2.99. The second kappa shape index (κ2) is 7.92. The van der Waals surface area contributed by atoms with E-state index in [0.717, 1.165) is 31.9 Å². The molecule has 29 heavy (non-hydrogen) atoms. The van der Waals surface area contributed by atoms with Crippen LogP contribution in [-0.4, -0.2) is 16.1 Å². The lowest BCUT2D eigenvalue weighted by atomic mass is 10.00. The Kier molecular flexibility index (Phi) is 5.33. The maximum Gasteiger partial charge on any atom is 0.153 e. The zero-order valence-electron chi connectivity index (χ0n) is 16.9. The Morgan fingerprint density at radius 2 is 1.62 bits per heavy atom. The van der Waals surface area contributed by atoms with Crippen molar-refractivity contribution in [3.05, 3.63) is 94.8 Å². The topological polar surface area (TPSA) is 21.1 Å². The lowest BCUT2D eigenvalue weighted by Crippen LogP contribution is -2.31. The molecule has 0 N–H and O–H groups in total. The molecule has 0 aliphatic carbocycles. The van der Waals surface area contributed by atoms with Crippen molar-refractivity contribution in [1.82, 2.24) is 9.55 Å². The van der Waals surface area contributed by atoms with Gasteiger partial charge in [0.15, 0.2) is 5.82 Å². The van der Waals surface area contributed by atoms with Crippen molar-refractivity contribution < 1.29 is 0 Å². The maximum absolute atomic E-state index is 4.87. The van der Waals surface area contributed by atoms with Gasteiger partial charge in [-0.25, -0.2) is 4.98 Å². The van der Waals surface area contributed by atoms with Crippen LogP contribution in [0, 0.1) is 13.8 Å². The molecular formula is C25H26ClN3. The van der Waals surface area contributed by atoms with Crippen LogP contribution in [0.1, 0.15) is 27.9 Å². The molecule has 3 heterocycles. The quantitative estimate of drug-likeness (QED) is 0.438. The van der Waals surface area contributed by atoms with Crippen LogP contribution in [0.5, 0.6) is 0 Å². The maximum atomic E-state index is 4.87. The lowest BCUT2D eigenvalue weighted by molar-refractivity contribution is 0.717. The summed E-state index contributed by atoms with van der Waals surface area (Å²) in [4.78, 5) is 7.31. The smallest absolute Gasteiger partial charge is 0.153 e. The van der Waals surface area contributed by atoms with E-state index in [1.54, 1.807) is 0 Å². The van der Waals surface area contributed by atoms with E-state index in [1.165, 1.54) is 38.9 Å². The van der Waals surface area contributed by atoms with Crippen LogP contribution in [0.3, 0.4) is 0 Å². The number of aromatic nitrogens is 2. The van der Waals surface area contributed by atoms with Crippen molar-refractivity contribution in [2.45, 2.75) is 33.4 Å². The summed E-state index contributed by atoms with van der Waals surface area (Å²) < 4.78 is 2.45. The van der Waals surface area contributed by atoms with E-state index in [4.69, 9.17) is 4.98 Å². The third kappa shape index (κ3) is 3.40. The van der Waals surface area contributed by atoms with Gasteiger partial charge >= 0.3 is 0 Å². The van der Waals surface area contributed by atoms with Gasteiger partial charge in [-0.3, -0.25) is 0 Å². The molecule has 0 atom stereocenters. The molecule has 1 aliphatic rings. The zero-order chi connectivity index (χ0) is 19.1. The highest BCUT2D eigenvalue weighted by Crippen LogP contribution is 2.34. The highest BCUT2D eigenvalue weighted by Gasteiger charge is 2.22. The number of aryl methyl sites for hydroxylation is 1. The van der Waals surface area contributed by atoms with Gasteiger partial charge in [-0.2, -0.15) is 0 Å². The van der Waals surface area contributed by atoms with Gasteiger partial charge in [0, 0.05) is 36.9 Å². The number of halogens is 1. The van der Waals surface area contributed by atoms with Crippen LogP contribution < -0.4 is 4.90 Å². The highest BCUT2D eigenvalue weighted by molar-refractivity contribution is 5.93. The predicted molar refractivity (Wildman–Crippen MR) is 123 cm³/mol. The molecule has 4 aromatic rings. The second-order valence-corrected chi connectivity index (χ2v) is 7.75. The summed E-state index contributed by atoms with van der Waals surface area (Å²) >= 11 is 0. The fraction of sp³-hybridized carbons (Fsp3) is 0.240. The van der Waals surface area contributed by atoms with Gasteiger partial charge in [0.25, 0.3) is 0 Å². The molecule has 0 fully saturated rings. The first-order chi connectivity index (χ1) is 13.7. The Morgan fingerprint density at radius 1 is 0.897 bits per heavy atom. The van der Waals surface area contributed by atoms with Crippen molar-refractivity contribution in [2.24, 2.45) is 0 Å². The Morgan fingerprint density at radius 3 is 2.41 bits per heavy atom. The zero-order valence-corrected chi connectivity index (χ0v) is 17.7. The van der Waals surface area contributed by atoms with Gasteiger partial charge in [0.05, 0.1) is 5.52 Å². The summed E-state index contributed by atoms with van der Waals surface area (Å²) in [6.45, 7) is 7.27. The number of benzene rings is 2. The van der Waals surface area contributed by atoms with Crippen molar-refractivity contribution in [3.8, 4) is 0 Å². The van der Waals surface area contributed by atoms with Gasteiger partial charge in [-0.05, 0) is 48.6 Å². The van der Waals surface area contributed by atoms with Gasteiger partial charge in [-0.15, -0.1) is 12.4 Å². The summed E-state index contributed by atoms with van der Waals surface area (Å²) in [5.74, 6) is 1.11. The Balaban J connectivity index is 0.00000205. The van der Waals surface area contributed by atoms with Crippen LogP contribution in [0.25, 0.3) is 10.9 Å². The molecule has 5 rings (SSSR count). The van der Waals surface area contributed by atoms with Crippen molar-refractivity contribution in [1.29, 1.82) is 0 Å². The molecule has 4 heteroatoms. The molecule has 0 saturated carbocycles. The van der Waals surface area contributed by atoms with E-state index >= 15 is 0 Å². The molecule has 148 valence electrons. The third-order valence-electron chi connectivity index (χ3n) is 6.14. The molecule has 0 unspecified atom stereocenters. The van der Waals surface area contributed by atoms with E-state index in [2.05, 4.69) is 84.0 Å². The third-order valence-corrected chi connectivity index (χ3v) is 6.14. The molecule has 3 nitrogen and oxygen atoms in total. The monoisotopic (exact) mass is 403 g/mol. The molecule has 1 aliphatic heterocycles. The first kappa shape index (κ1) is 19.5. The van der Waals surface area contributed by atoms with Crippen LogP contribution in [0.2, 0.25) is 0 Å². The largest absolute Gasteiger partial charge is 0.350 e. The van der Waals surface area contributed by atoms with Crippen LogP contribution in [0.15, 0.2) is 66.9 Å². The van der Waals surface area contributed by atoms with Crippen molar-refractivity contribution in [2.75, 3.05) is 11.4 Å². The van der Waals surface area contributed by atoms with E-state index in [1.807, 2.05) is 6.20 Å². The summed E-state index contributed by atoms with van der Waals surface area (Å²) in [5.41, 5.74) is 8.15. The van der Waals surface area contributed by atoms with Gasteiger partial charge in [-0.1, -0.05) is 54.6 Å². The minimum absolute atomic E-state index is 0. The summed E-state index contributed by atoms with van der Waals surface area (Å²) in [5, 5.41) is 1.32. The number of pyridine rings is 1. The molecular weight excluding hydrogens is 378 g/mol. The standard InChI is InChI=1S/C25H25N3.ClH/c1-18-19(2)28(16-20-8-4-3-5-9-20)24-23(18)12-14-26-25(24)27-15-13-21-10-6-7-11-22(21)17-27;/h3-12,14H,13,15-17H2,1-2H3;1H. The van der Waals surface area contributed by atoms with E-state index < -0.39 is 0 Å². The molecule has 0 spiro atoms. The SMILES string of the molecule is Cc1c(C)n(Cc2ccccc2)c2c(N3CCc4ccccc4C3)nccc12.Cl. The number of rotatable bonds is 3. The van der Waals surface area contributed by atoms with Gasteiger partial charge < -0.3 is 9.47 Å². The summed E-state index contributed by atoms with van der Waals surface area (Å²) in [7, 11) is 0. The van der Waals surface area contributed by atoms with Crippen LogP contribution in [-0.2, 0) is 19.5 Å². The first-order valence-electron chi connectivity index (χ1n) is 10.0. The Bertz CT molecular complexity index is 1150. The van der Waals surface area contributed by atoms with Crippen LogP contribution >= 0.6 is 12.4 Å². The number of nitrogens with zero attached hydrogens (tertiary/aromatic N) is 3. The number of fused-ring (bicyclic) bond motifs is 2. The minimum Gasteiger partial charge on any atom is -0.350 e. The number of hydrogen-bond acceptors (Lipinski definition) is 2. The predicted octanol–water partition coefficient (Wildman–Crippen LogP) is 5.69. The summed E-state index contributed by atoms with van der Waals surface area (Å²) in [6.07, 6.45) is 3.04. The average molecular weight is 404 g/mol. The van der Waals surface area contributed by atoms with Gasteiger partial charge in [0.2, 0.25) is 0 Å². The number of hydrogen-bond donors (Lipinski definition) is 0. The molecule has 0 bridgehead atoms. The Labute approximate surface area is 178 Å². The van der Waals surface area contributed by atoms with Crippen molar-refractivity contribution >= 4 is 29.1 Å². The molecule has 0 amide bonds. The van der Waals surface area contributed by atoms with Gasteiger partial charge in [0.1, 0.15) is 0 Å². The fourth-order valence-corrected chi connectivity index (χ4v) is 4.45. The summed E-state index contributed by atoms with van der Waals surface area (Å²) in [6, 6.07) is 21.7. The van der Waals surface area contributed by atoms with Crippen molar-refractivity contribution in [3.63, 3.8) is 0 Å². The first-order valence-corrected chi connectivity index (χ1v) is 10.0. The molecule has 2 aromatic heterocycles. The fourth-order valence-electron chi connectivity index (χ4n) is 4.45. The molecule has 0 saturated heterocycles. The molecule has 0 radical (unpaired) electrons. The van der Waals surface area contributed by atoms with E-state index in [9.17, 15) is 0 Å².